The molecule has 4 nitrogen and oxygen atoms in total. The average Bonchev–Trinajstić information content (AvgIpc) is 3.23. The summed E-state index contributed by atoms with van der Waals surface area (Å²) in [7, 11) is 0. The number of aliphatic hydroxyl groups excluding tert-OH is 1. The quantitative estimate of drug-likeness (QED) is 0.574. The fourth-order valence-electron chi connectivity index (χ4n) is 4.43. The van der Waals surface area contributed by atoms with Crippen LogP contribution in [0.25, 0.3) is 0 Å². The molecule has 146 valence electrons. The minimum Gasteiger partial charge on any atom is -0.508 e. The minimum atomic E-state index is -0.811. The second-order valence-corrected chi connectivity index (χ2v) is 7.68. The number of fused-ring (bicyclic) bond motifs is 1. The Labute approximate surface area is 165 Å². The second-order valence-electron chi connectivity index (χ2n) is 7.68. The number of H-pyrrole nitrogens is 1. The van der Waals surface area contributed by atoms with Gasteiger partial charge in [-0.3, -0.25) is 0 Å². The Morgan fingerprint density at radius 1 is 1.07 bits per heavy atom. The summed E-state index contributed by atoms with van der Waals surface area (Å²) >= 11 is 0. The first-order valence-corrected chi connectivity index (χ1v) is 9.93. The number of benzene rings is 2. The van der Waals surface area contributed by atoms with Crippen molar-refractivity contribution in [2.75, 3.05) is 6.61 Å². The summed E-state index contributed by atoms with van der Waals surface area (Å²) in [6.45, 7) is 2.87. The monoisotopic (exact) mass is 377 g/mol. The van der Waals surface area contributed by atoms with Gasteiger partial charge < -0.3 is 19.9 Å². The summed E-state index contributed by atoms with van der Waals surface area (Å²) in [4.78, 5) is 3.26. The number of hydrogen-bond acceptors (Lipinski definition) is 3. The molecule has 0 aliphatic carbocycles. The van der Waals surface area contributed by atoms with Crippen molar-refractivity contribution in [1.82, 2.24) is 4.98 Å². The van der Waals surface area contributed by atoms with Crippen LogP contribution in [0, 0.1) is 5.92 Å². The fourth-order valence-corrected chi connectivity index (χ4v) is 4.43. The molecular formula is C24H27NO3. The van der Waals surface area contributed by atoms with E-state index in [0.29, 0.717) is 5.56 Å². The van der Waals surface area contributed by atoms with Crippen LogP contribution in [0.1, 0.15) is 53.9 Å². The van der Waals surface area contributed by atoms with Crippen molar-refractivity contribution in [3.05, 3.63) is 89.2 Å². The summed E-state index contributed by atoms with van der Waals surface area (Å²) in [6, 6.07) is 19.4. The van der Waals surface area contributed by atoms with Crippen molar-refractivity contribution in [3.8, 4) is 5.75 Å². The van der Waals surface area contributed by atoms with Crippen LogP contribution in [-0.4, -0.2) is 21.8 Å². The van der Waals surface area contributed by atoms with Crippen molar-refractivity contribution in [3.63, 3.8) is 0 Å². The number of aromatic nitrogens is 1. The molecule has 0 amide bonds. The van der Waals surface area contributed by atoms with Gasteiger partial charge >= 0.3 is 0 Å². The van der Waals surface area contributed by atoms with Gasteiger partial charge in [0.1, 0.15) is 5.75 Å². The van der Waals surface area contributed by atoms with E-state index in [0.717, 1.165) is 25.1 Å². The molecule has 4 unspecified atom stereocenters. The molecular weight excluding hydrogens is 350 g/mol. The van der Waals surface area contributed by atoms with Crippen molar-refractivity contribution >= 4 is 0 Å². The zero-order valence-electron chi connectivity index (χ0n) is 16.1. The van der Waals surface area contributed by atoms with Gasteiger partial charge in [-0.2, -0.15) is 0 Å². The zero-order chi connectivity index (χ0) is 19.5. The first kappa shape index (κ1) is 18.8. The lowest BCUT2D eigenvalue weighted by Crippen LogP contribution is -2.24. The van der Waals surface area contributed by atoms with Crippen LogP contribution in [0.5, 0.6) is 5.75 Å². The van der Waals surface area contributed by atoms with E-state index in [4.69, 9.17) is 4.74 Å². The molecule has 4 rings (SSSR count). The third-order valence-corrected chi connectivity index (χ3v) is 5.87. The van der Waals surface area contributed by atoms with E-state index in [1.54, 1.807) is 18.2 Å². The molecule has 28 heavy (non-hydrogen) atoms. The highest BCUT2D eigenvalue weighted by Crippen LogP contribution is 2.43. The molecule has 2 heterocycles. The van der Waals surface area contributed by atoms with Gasteiger partial charge in [0.25, 0.3) is 0 Å². The van der Waals surface area contributed by atoms with Gasteiger partial charge in [-0.15, -0.1) is 0 Å². The molecule has 2 aromatic carbocycles. The first-order valence-electron chi connectivity index (χ1n) is 9.93. The third kappa shape index (κ3) is 3.71. The number of nitrogens with one attached hydrogen (secondary N) is 1. The van der Waals surface area contributed by atoms with Gasteiger partial charge in [-0.1, -0.05) is 49.4 Å². The van der Waals surface area contributed by atoms with Crippen molar-refractivity contribution in [2.24, 2.45) is 5.92 Å². The molecule has 1 aliphatic rings. The second kappa shape index (κ2) is 8.21. The van der Waals surface area contributed by atoms with E-state index < -0.39 is 6.10 Å². The smallest absolute Gasteiger partial charge is 0.121 e. The Bertz CT molecular complexity index is 906. The van der Waals surface area contributed by atoms with E-state index in [1.165, 1.54) is 11.1 Å². The van der Waals surface area contributed by atoms with Gasteiger partial charge in [0.15, 0.2) is 0 Å². The first-order chi connectivity index (χ1) is 13.6. The molecule has 4 atom stereocenters. The summed E-state index contributed by atoms with van der Waals surface area (Å²) in [5.74, 6) is 0.0726. The topological polar surface area (TPSA) is 65.5 Å². The lowest BCUT2D eigenvalue weighted by molar-refractivity contribution is 0.0149. The van der Waals surface area contributed by atoms with E-state index in [9.17, 15) is 10.2 Å². The lowest BCUT2D eigenvalue weighted by atomic mass is 9.78. The number of aromatic amines is 1. The van der Waals surface area contributed by atoms with Crippen molar-refractivity contribution < 1.29 is 14.9 Å². The minimum absolute atomic E-state index is 0.0222. The summed E-state index contributed by atoms with van der Waals surface area (Å²) in [6.07, 6.45) is 2.83. The Balaban J connectivity index is 1.62. The molecule has 1 aromatic heterocycles. The molecule has 0 bridgehead atoms. The maximum Gasteiger partial charge on any atom is 0.121 e. The van der Waals surface area contributed by atoms with Gasteiger partial charge in [0, 0.05) is 23.4 Å². The summed E-state index contributed by atoms with van der Waals surface area (Å²) in [5, 5.41) is 21.5. The Morgan fingerprint density at radius 2 is 1.86 bits per heavy atom. The number of aromatic hydroxyl groups is 1. The van der Waals surface area contributed by atoms with E-state index in [2.05, 4.69) is 36.2 Å². The molecule has 0 spiro atoms. The molecule has 4 heteroatoms. The predicted molar refractivity (Wildman–Crippen MR) is 109 cm³/mol. The van der Waals surface area contributed by atoms with Gasteiger partial charge in [-0.25, -0.2) is 0 Å². The van der Waals surface area contributed by atoms with E-state index >= 15 is 0 Å². The van der Waals surface area contributed by atoms with E-state index in [-0.39, 0.29) is 23.7 Å². The number of aliphatic hydroxyl groups is 1. The van der Waals surface area contributed by atoms with Gasteiger partial charge in [0.2, 0.25) is 0 Å². The number of phenols is 1. The Hall–Kier alpha value is -2.56. The molecule has 0 saturated heterocycles. The average molecular weight is 377 g/mol. The van der Waals surface area contributed by atoms with E-state index in [1.807, 2.05) is 24.4 Å². The molecule has 0 radical (unpaired) electrons. The molecule has 0 saturated carbocycles. The Morgan fingerprint density at radius 3 is 2.64 bits per heavy atom. The number of phenolic OH excluding ortho intramolecular Hbond substituents is 1. The van der Waals surface area contributed by atoms with Crippen LogP contribution >= 0.6 is 0 Å². The van der Waals surface area contributed by atoms with Crippen molar-refractivity contribution in [2.45, 2.75) is 37.9 Å². The number of hydrogen-bond donors (Lipinski definition) is 3. The molecule has 0 fully saturated rings. The van der Waals surface area contributed by atoms with Crippen LogP contribution in [0.4, 0.5) is 0 Å². The maximum absolute atomic E-state index is 11.2. The largest absolute Gasteiger partial charge is 0.508 e. The highest BCUT2D eigenvalue weighted by molar-refractivity contribution is 5.36. The van der Waals surface area contributed by atoms with Gasteiger partial charge in [-0.05, 0) is 48.1 Å². The fraction of sp³-hybridized carbons (Fsp3) is 0.333. The zero-order valence-corrected chi connectivity index (χ0v) is 16.1. The summed E-state index contributed by atoms with van der Waals surface area (Å²) in [5.41, 5.74) is 4.12. The van der Waals surface area contributed by atoms with Gasteiger partial charge in [0.05, 0.1) is 18.8 Å². The van der Waals surface area contributed by atoms with Crippen LogP contribution in [0.2, 0.25) is 0 Å². The molecule has 3 N–H and O–H groups in total. The number of ether oxygens (including phenoxy) is 1. The Kier molecular flexibility index (Phi) is 5.51. The highest BCUT2D eigenvalue weighted by atomic mass is 16.5. The predicted octanol–water partition coefficient (Wildman–Crippen LogP) is 4.88. The molecule has 3 aromatic rings. The number of para-hydroxylation sites is 1. The maximum atomic E-state index is 11.2. The lowest BCUT2D eigenvalue weighted by Gasteiger charge is -2.33. The highest BCUT2D eigenvalue weighted by Gasteiger charge is 2.33. The van der Waals surface area contributed by atoms with Crippen LogP contribution in [0.3, 0.4) is 0 Å². The SMILES string of the molecule is CC(CC1OCCc2ccccc21)C(c1ccc[nH]1)C(O)c1ccccc1O. The van der Waals surface area contributed by atoms with Crippen LogP contribution in [0.15, 0.2) is 66.9 Å². The van der Waals surface area contributed by atoms with Crippen molar-refractivity contribution in [1.29, 1.82) is 0 Å². The normalized spacial score (nSPS) is 19.6. The summed E-state index contributed by atoms with van der Waals surface area (Å²) < 4.78 is 6.11. The number of rotatable bonds is 6. The van der Waals surface area contributed by atoms with Crippen LogP contribution < -0.4 is 0 Å². The molecule has 1 aliphatic heterocycles. The van der Waals surface area contributed by atoms with Crippen LogP contribution in [-0.2, 0) is 11.2 Å². The standard InChI is InChI=1S/C24H27NO3/c1-16(15-22-18-8-3-2-7-17(18)12-14-28-22)23(20-10-6-13-25-20)24(27)19-9-4-5-11-21(19)26/h2-11,13,16,22-27H,12,14-15H2,1H3. The third-order valence-electron chi connectivity index (χ3n) is 5.87.